The predicted molar refractivity (Wildman–Crippen MR) is 116 cm³/mol. The topological polar surface area (TPSA) is 67.2 Å². The van der Waals surface area contributed by atoms with Gasteiger partial charge in [-0.1, -0.05) is 35.0 Å². The molecule has 0 aliphatic rings. The number of amides is 2. The van der Waals surface area contributed by atoms with Crippen molar-refractivity contribution in [1.29, 1.82) is 0 Å². The van der Waals surface area contributed by atoms with Gasteiger partial charge in [0.05, 0.1) is 16.9 Å². The summed E-state index contributed by atoms with van der Waals surface area (Å²) >= 11 is 3.38. The summed E-state index contributed by atoms with van der Waals surface area (Å²) in [6.07, 6.45) is 0.800. The van der Waals surface area contributed by atoms with Gasteiger partial charge in [0.2, 0.25) is 0 Å². The number of fused-ring (bicyclic) bond motifs is 1. The Morgan fingerprint density at radius 3 is 2.57 bits per heavy atom. The Hall–Kier alpha value is -2.67. The van der Waals surface area contributed by atoms with E-state index in [0.717, 1.165) is 10.9 Å². The van der Waals surface area contributed by atoms with Gasteiger partial charge in [-0.3, -0.25) is 9.36 Å². The van der Waals surface area contributed by atoms with E-state index in [-0.39, 0.29) is 17.6 Å². The highest BCUT2D eigenvalue weighted by molar-refractivity contribution is 9.10. The monoisotopic (exact) mass is 442 g/mol. The largest absolute Gasteiger partial charge is 0.322 e. The molecule has 1 unspecified atom stereocenters. The minimum Gasteiger partial charge on any atom is -0.318 e. The second-order valence-corrected chi connectivity index (χ2v) is 7.58. The normalized spacial score (nSPS) is 12.0. The second kappa shape index (κ2) is 8.56. The van der Waals surface area contributed by atoms with Gasteiger partial charge < -0.3 is 10.2 Å². The van der Waals surface area contributed by atoms with Crippen LogP contribution >= 0.6 is 15.9 Å². The zero-order chi connectivity index (χ0) is 20.3. The maximum atomic E-state index is 13.0. The number of aromatic nitrogens is 2. The van der Waals surface area contributed by atoms with E-state index in [1.54, 1.807) is 22.6 Å². The lowest BCUT2D eigenvalue weighted by molar-refractivity contribution is 0.204. The number of para-hydroxylation sites is 1. The summed E-state index contributed by atoms with van der Waals surface area (Å²) in [5.74, 6) is 0.582. The van der Waals surface area contributed by atoms with Gasteiger partial charge in [0.15, 0.2) is 0 Å². The van der Waals surface area contributed by atoms with Crippen molar-refractivity contribution in [3.05, 3.63) is 69.2 Å². The molecule has 7 heteroatoms. The molecule has 0 aliphatic heterocycles. The van der Waals surface area contributed by atoms with Gasteiger partial charge in [-0.05, 0) is 49.7 Å². The van der Waals surface area contributed by atoms with E-state index >= 15 is 0 Å². The molecule has 1 heterocycles. The van der Waals surface area contributed by atoms with E-state index < -0.39 is 0 Å². The summed E-state index contributed by atoms with van der Waals surface area (Å²) in [6, 6.07) is 14.0. The van der Waals surface area contributed by atoms with Crippen molar-refractivity contribution < 1.29 is 4.79 Å². The van der Waals surface area contributed by atoms with Crippen molar-refractivity contribution in [2.24, 2.45) is 0 Å². The van der Waals surface area contributed by atoms with Crippen molar-refractivity contribution in [3.63, 3.8) is 0 Å². The van der Waals surface area contributed by atoms with Gasteiger partial charge in [0.1, 0.15) is 5.82 Å². The van der Waals surface area contributed by atoms with Crippen LogP contribution in [0, 0.1) is 0 Å². The highest BCUT2D eigenvalue weighted by atomic mass is 79.9. The Bertz CT molecular complexity index is 1050. The summed E-state index contributed by atoms with van der Waals surface area (Å²) in [6.45, 7) is 4.45. The van der Waals surface area contributed by atoms with Gasteiger partial charge in [0.25, 0.3) is 5.56 Å². The van der Waals surface area contributed by atoms with Gasteiger partial charge in [-0.25, -0.2) is 9.78 Å². The average Bonchev–Trinajstić information content (AvgIpc) is 2.70. The average molecular weight is 443 g/mol. The van der Waals surface area contributed by atoms with Crippen molar-refractivity contribution in [3.8, 4) is 0 Å². The summed E-state index contributed by atoms with van der Waals surface area (Å²) in [5, 5.41) is 3.47. The maximum absolute atomic E-state index is 13.0. The van der Waals surface area contributed by atoms with Crippen LogP contribution in [0.5, 0.6) is 0 Å². The summed E-state index contributed by atoms with van der Waals surface area (Å²) in [4.78, 5) is 31.9. The number of urea groups is 1. The Morgan fingerprint density at radius 1 is 1.21 bits per heavy atom. The molecular formula is C21H23BrN4O2. The molecule has 6 nitrogen and oxygen atoms in total. The lowest BCUT2D eigenvalue weighted by Gasteiger charge is -2.27. The van der Waals surface area contributed by atoms with E-state index in [1.165, 1.54) is 0 Å². The van der Waals surface area contributed by atoms with Crippen LogP contribution in [0.3, 0.4) is 0 Å². The first kappa shape index (κ1) is 20.1. The Labute approximate surface area is 172 Å². The third kappa shape index (κ3) is 4.09. The molecule has 1 N–H and O–H groups in total. The van der Waals surface area contributed by atoms with Crippen LogP contribution in [0.25, 0.3) is 10.9 Å². The maximum Gasteiger partial charge on any atom is 0.322 e. The number of nitrogens with one attached hydrogen (secondary N) is 1. The van der Waals surface area contributed by atoms with Crippen LogP contribution < -0.4 is 10.9 Å². The van der Waals surface area contributed by atoms with Crippen LogP contribution in [0.1, 0.15) is 32.1 Å². The van der Waals surface area contributed by atoms with Crippen molar-refractivity contribution in [2.45, 2.75) is 32.9 Å². The number of rotatable bonds is 5. The standard InChI is InChI=1S/C21H23BrN4O2/c1-4-13-26-19(24-18-8-6-5-7-17(18)20(26)27)14(2)25(3)21(28)23-16-11-9-15(22)10-12-16/h5-12,14H,4,13H2,1-3H3,(H,23,28). The van der Waals surface area contributed by atoms with Gasteiger partial charge >= 0.3 is 6.03 Å². The molecule has 0 fully saturated rings. The van der Waals surface area contributed by atoms with Crippen molar-refractivity contribution in [1.82, 2.24) is 14.5 Å². The lowest BCUT2D eigenvalue weighted by atomic mass is 10.2. The number of hydrogen-bond acceptors (Lipinski definition) is 3. The van der Waals surface area contributed by atoms with E-state index in [2.05, 4.69) is 21.2 Å². The number of halogens is 1. The number of benzene rings is 2. The minimum atomic E-state index is -0.376. The molecule has 0 bridgehead atoms. The van der Waals surface area contributed by atoms with Gasteiger partial charge in [0, 0.05) is 23.8 Å². The molecule has 1 atom stereocenters. The Balaban J connectivity index is 1.93. The first-order valence-corrected chi connectivity index (χ1v) is 10.0. The van der Waals surface area contributed by atoms with Crippen LogP contribution in [-0.4, -0.2) is 27.5 Å². The molecule has 1 aromatic heterocycles. The number of carbonyl (C=O) groups is 1. The second-order valence-electron chi connectivity index (χ2n) is 6.67. The molecule has 0 saturated heterocycles. The third-order valence-electron chi connectivity index (χ3n) is 4.71. The van der Waals surface area contributed by atoms with E-state index in [1.807, 2.05) is 56.3 Å². The highest BCUT2D eigenvalue weighted by Crippen LogP contribution is 2.21. The molecule has 0 radical (unpaired) electrons. The Kier molecular flexibility index (Phi) is 6.14. The third-order valence-corrected chi connectivity index (χ3v) is 5.24. The van der Waals surface area contributed by atoms with Crippen molar-refractivity contribution in [2.75, 3.05) is 12.4 Å². The number of hydrogen-bond donors (Lipinski definition) is 1. The number of carbonyl (C=O) groups excluding carboxylic acids is 1. The van der Waals surface area contributed by atoms with Gasteiger partial charge in [-0.15, -0.1) is 0 Å². The first-order chi connectivity index (χ1) is 13.4. The van der Waals surface area contributed by atoms with E-state index in [9.17, 15) is 9.59 Å². The lowest BCUT2D eigenvalue weighted by Crippen LogP contribution is -2.37. The molecule has 28 heavy (non-hydrogen) atoms. The highest BCUT2D eigenvalue weighted by Gasteiger charge is 2.23. The number of anilines is 1. The van der Waals surface area contributed by atoms with Crippen LogP contribution in [-0.2, 0) is 6.54 Å². The van der Waals surface area contributed by atoms with Crippen LogP contribution in [0.2, 0.25) is 0 Å². The Morgan fingerprint density at radius 2 is 1.89 bits per heavy atom. The SMILES string of the molecule is CCCn1c(C(C)N(C)C(=O)Nc2ccc(Br)cc2)nc2ccccc2c1=O. The molecular weight excluding hydrogens is 420 g/mol. The molecule has 0 aliphatic carbocycles. The fourth-order valence-electron chi connectivity index (χ4n) is 3.04. The van der Waals surface area contributed by atoms with Crippen molar-refractivity contribution >= 4 is 38.6 Å². The fourth-order valence-corrected chi connectivity index (χ4v) is 3.30. The molecule has 2 amide bonds. The molecule has 146 valence electrons. The summed E-state index contributed by atoms with van der Waals surface area (Å²) in [7, 11) is 1.70. The first-order valence-electron chi connectivity index (χ1n) is 9.21. The quantitative estimate of drug-likeness (QED) is 0.617. The summed E-state index contributed by atoms with van der Waals surface area (Å²) < 4.78 is 2.62. The zero-order valence-electron chi connectivity index (χ0n) is 16.1. The smallest absolute Gasteiger partial charge is 0.318 e. The fraction of sp³-hybridized carbons (Fsp3) is 0.286. The minimum absolute atomic E-state index is 0.0731. The molecule has 3 aromatic rings. The predicted octanol–water partition coefficient (Wildman–Crippen LogP) is 4.79. The summed E-state index contributed by atoms with van der Waals surface area (Å²) in [5.41, 5.74) is 1.27. The zero-order valence-corrected chi connectivity index (χ0v) is 17.7. The van der Waals surface area contributed by atoms with Crippen LogP contribution in [0.4, 0.5) is 10.5 Å². The number of nitrogens with zero attached hydrogens (tertiary/aromatic N) is 3. The molecule has 2 aromatic carbocycles. The molecule has 0 spiro atoms. The van der Waals surface area contributed by atoms with E-state index in [4.69, 9.17) is 4.98 Å². The van der Waals surface area contributed by atoms with E-state index in [0.29, 0.717) is 29.0 Å². The van der Waals surface area contributed by atoms with Gasteiger partial charge in [-0.2, -0.15) is 0 Å². The van der Waals surface area contributed by atoms with Crippen LogP contribution in [0.15, 0.2) is 57.8 Å². The molecule has 0 saturated carbocycles. The molecule has 3 rings (SSSR count).